The van der Waals surface area contributed by atoms with Crippen LogP contribution in [0.2, 0.25) is 0 Å². The van der Waals surface area contributed by atoms with Gasteiger partial charge >= 0.3 is 0 Å². The Kier molecular flexibility index (Phi) is 7.43. The Labute approximate surface area is 329 Å². The van der Waals surface area contributed by atoms with E-state index in [0.717, 1.165) is 95.2 Å². The number of hydrogen-bond donors (Lipinski definition) is 0. The van der Waals surface area contributed by atoms with E-state index in [9.17, 15) is 0 Å². The molecular formula is C51H38N2O4. The normalized spacial score (nSPS) is 14.7. The highest BCUT2D eigenvalue weighted by Crippen LogP contribution is 2.41. The predicted octanol–water partition coefficient (Wildman–Crippen LogP) is 12.1. The van der Waals surface area contributed by atoms with Gasteiger partial charge in [-0.1, -0.05) is 72.8 Å². The Balaban J connectivity index is 1.09. The average Bonchev–Trinajstić information content (AvgIpc) is 3.74. The molecule has 0 saturated carbocycles. The van der Waals surface area contributed by atoms with E-state index in [-0.39, 0.29) is 0 Å². The first-order valence-corrected chi connectivity index (χ1v) is 19.8. The van der Waals surface area contributed by atoms with Crippen LogP contribution >= 0.6 is 0 Å². The van der Waals surface area contributed by atoms with Gasteiger partial charge in [-0.3, -0.25) is 0 Å². The number of hydrogen-bond acceptors (Lipinski definition) is 4. The molecule has 0 spiro atoms. The van der Waals surface area contributed by atoms with Crippen molar-refractivity contribution in [1.29, 1.82) is 0 Å². The molecule has 0 saturated heterocycles. The highest BCUT2D eigenvalue weighted by Gasteiger charge is 2.20. The summed E-state index contributed by atoms with van der Waals surface area (Å²) in [6.45, 7) is 3.09. The van der Waals surface area contributed by atoms with Crippen LogP contribution in [-0.2, 0) is 35.9 Å². The molecule has 9 heterocycles. The second-order valence-electron chi connectivity index (χ2n) is 15.4. The maximum absolute atomic E-state index is 6.52. The highest BCUT2D eigenvalue weighted by atomic mass is 16.5. The summed E-state index contributed by atoms with van der Waals surface area (Å²) < 4.78 is 30.9. The van der Waals surface area contributed by atoms with E-state index in [1.54, 1.807) is 0 Å². The molecule has 0 amide bonds. The molecule has 2 aromatic heterocycles. The van der Waals surface area contributed by atoms with Crippen LogP contribution in [0, 0.1) is 0 Å². The van der Waals surface area contributed by atoms with Crippen LogP contribution in [0.5, 0.6) is 11.5 Å². The summed E-state index contributed by atoms with van der Waals surface area (Å²) in [5, 5.41) is 9.20. The third kappa shape index (κ3) is 5.25. The van der Waals surface area contributed by atoms with E-state index in [4.69, 9.17) is 18.9 Å². The highest BCUT2D eigenvalue weighted by molar-refractivity contribution is 6.12. The Morgan fingerprint density at radius 2 is 0.684 bits per heavy atom. The van der Waals surface area contributed by atoms with Gasteiger partial charge < -0.3 is 28.1 Å². The largest absolute Gasteiger partial charge is 0.493 e. The van der Waals surface area contributed by atoms with Crippen molar-refractivity contribution >= 4 is 65.2 Å². The van der Waals surface area contributed by atoms with Gasteiger partial charge in [-0.15, -0.1) is 0 Å². The van der Waals surface area contributed by atoms with Crippen LogP contribution in [0.25, 0.3) is 76.5 Å². The van der Waals surface area contributed by atoms with Crippen molar-refractivity contribution in [2.45, 2.75) is 32.8 Å². The molecule has 8 aromatic carbocycles. The van der Waals surface area contributed by atoms with Gasteiger partial charge in [0.25, 0.3) is 0 Å². The summed E-state index contributed by atoms with van der Waals surface area (Å²) in [6, 6.07) is 52.8. The lowest BCUT2D eigenvalue weighted by molar-refractivity contribution is 0.107. The zero-order valence-corrected chi connectivity index (χ0v) is 31.3. The van der Waals surface area contributed by atoms with Crippen molar-refractivity contribution in [3.05, 3.63) is 168 Å². The maximum atomic E-state index is 6.52. The first-order valence-electron chi connectivity index (χ1n) is 19.8. The van der Waals surface area contributed by atoms with Gasteiger partial charge in [0.15, 0.2) is 0 Å². The van der Waals surface area contributed by atoms with Gasteiger partial charge in [0.2, 0.25) is 0 Å². The Morgan fingerprint density at radius 1 is 0.333 bits per heavy atom. The van der Waals surface area contributed by atoms with E-state index < -0.39 is 0 Å². The fourth-order valence-electron chi connectivity index (χ4n) is 9.26. The fourth-order valence-corrected chi connectivity index (χ4v) is 9.26. The number of nitrogens with zero attached hydrogens (tertiary/aromatic N) is 2. The lowest BCUT2D eigenvalue weighted by Crippen LogP contribution is -2.06. The molecular weight excluding hydrogens is 705 g/mol. The minimum absolute atomic E-state index is 0.505. The zero-order chi connectivity index (χ0) is 37.5. The Morgan fingerprint density at radius 3 is 1.05 bits per heavy atom. The molecule has 57 heavy (non-hydrogen) atoms. The molecule has 0 aliphatic carbocycles. The monoisotopic (exact) mass is 742 g/mol. The van der Waals surface area contributed by atoms with Crippen LogP contribution in [0.15, 0.2) is 146 Å². The third-order valence-electron chi connectivity index (χ3n) is 11.9. The topological polar surface area (TPSA) is 46.8 Å². The minimum Gasteiger partial charge on any atom is -0.493 e. The maximum Gasteiger partial charge on any atom is 0.127 e. The molecule has 276 valence electrons. The first-order chi connectivity index (χ1) is 28.2. The summed E-state index contributed by atoms with van der Waals surface area (Å²) in [4.78, 5) is 0. The zero-order valence-electron chi connectivity index (χ0n) is 31.3. The quantitative estimate of drug-likeness (QED) is 0.155. The Bertz CT molecular complexity index is 2910. The molecule has 18 bridgehead atoms. The summed E-state index contributed by atoms with van der Waals surface area (Å²) in [6.07, 6.45) is 0.745. The molecule has 6 heteroatoms. The van der Waals surface area contributed by atoms with Crippen LogP contribution in [0.3, 0.4) is 0 Å². The van der Waals surface area contributed by atoms with Crippen molar-refractivity contribution in [2.75, 3.05) is 13.2 Å². The van der Waals surface area contributed by atoms with Gasteiger partial charge in [0, 0.05) is 49.5 Å². The lowest BCUT2D eigenvalue weighted by Gasteiger charge is -2.17. The second kappa shape index (κ2) is 13.0. The number of ether oxygens (including phenoxy) is 4. The number of fused-ring (bicyclic) bond motifs is 2. The fraction of sp³-hybridized carbons (Fsp3) is 0.137. The van der Waals surface area contributed by atoms with Gasteiger partial charge in [-0.25, -0.2) is 0 Å². The molecule has 0 unspecified atom stereocenters. The second-order valence-corrected chi connectivity index (χ2v) is 15.4. The third-order valence-corrected chi connectivity index (χ3v) is 11.9. The lowest BCUT2D eigenvalue weighted by atomic mass is 10.1. The first kappa shape index (κ1) is 32.6. The van der Waals surface area contributed by atoms with E-state index in [1.807, 2.05) is 0 Å². The molecule has 0 fully saturated rings. The smallest absolute Gasteiger partial charge is 0.127 e. The summed E-state index contributed by atoms with van der Waals surface area (Å²) >= 11 is 0. The molecule has 10 aromatic rings. The standard InChI is InChI=1S/C51H38N2O4/c1-3-8-38-36(6-1)44-18-20-50(38)56-22-5-23-57-51-21-19-45(37-7-2-4-9-39(37)51)53-48-16-12-34-26-42(48)43-27-35(13-17-49(43)53)31-55-29-33-11-15-47-41(25-33)40-24-32(28-54-30-34)10-14-46(40)52(44)47/h1-4,6-21,24-27H,5,22-23,28-31H2. The Hall–Kier alpha value is -6.60. The molecule has 7 aliphatic rings. The van der Waals surface area contributed by atoms with Crippen molar-refractivity contribution in [3.63, 3.8) is 0 Å². The predicted molar refractivity (Wildman–Crippen MR) is 229 cm³/mol. The number of benzene rings is 8. The van der Waals surface area contributed by atoms with Gasteiger partial charge in [0.05, 0.1) is 73.1 Å². The van der Waals surface area contributed by atoms with Crippen LogP contribution in [-0.4, -0.2) is 22.3 Å². The number of aromatic nitrogens is 2. The molecule has 0 atom stereocenters. The molecule has 7 aliphatic heterocycles. The van der Waals surface area contributed by atoms with E-state index >= 15 is 0 Å². The SMILES string of the molecule is c1ccc2c3ccc(c2c1)OCCCOc1ccc(c2ccccc12)-n1c2ccc4cc2c2cc(ccc21)COCc1ccc2c(c1)c1cc(ccc1n2-3)COC4. The summed E-state index contributed by atoms with van der Waals surface area (Å²) in [5.41, 5.74) is 11.4. The van der Waals surface area contributed by atoms with Crippen molar-refractivity contribution < 1.29 is 18.9 Å². The van der Waals surface area contributed by atoms with Gasteiger partial charge in [0.1, 0.15) is 11.5 Å². The summed E-state index contributed by atoms with van der Waals surface area (Å²) in [7, 11) is 0. The van der Waals surface area contributed by atoms with Gasteiger partial charge in [-0.2, -0.15) is 0 Å². The molecule has 0 radical (unpaired) electrons. The van der Waals surface area contributed by atoms with Crippen molar-refractivity contribution in [3.8, 4) is 22.9 Å². The molecule has 6 nitrogen and oxygen atoms in total. The van der Waals surface area contributed by atoms with Crippen molar-refractivity contribution in [2.24, 2.45) is 0 Å². The van der Waals surface area contributed by atoms with E-state index in [1.165, 1.54) is 21.5 Å². The minimum atomic E-state index is 0.505. The molecule has 17 rings (SSSR count). The van der Waals surface area contributed by atoms with Crippen LogP contribution in [0.4, 0.5) is 0 Å². The van der Waals surface area contributed by atoms with E-state index in [0.29, 0.717) is 39.6 Å². The van der Waals surface area contributed by atoms with Crippen LogP contribution < -0.4 is 9.47 Å². The summed E-state index contributed by atoms with van der Waals surface area (Å²) in [5.74, 6) is 1.74. The number of rotatable bonds is 0. The van der Waals surface area contributed by atoms with E-state index in [2.05, 4.69) is 155 Å². The molecule has 0 N–H and O–H groups in total. The van der Waals surface area contributed by atoms with Crippen LogP contribution in [0.1, 0.15) is 28.7 Å². The van der Waals surface area contributed by atoms with Gasteiger partial charge in [-0.05, 0) is 95.1 Å². The average molecular weight is 743 g/mol. The van der Waals surface area contributed by atoms with Crippen molar-refractivity contribution in [1.82, 2.24) is 9.13 Å².